The van der Waals surface area contributed by atoms with E-state index in [-0.39, 0.29) is 5.91 Å². The second kappa shape index (κ2) is 8.22. The molecule has 8 heteroatoms. The van der Waals surface area contributed by atoms with Crippen LogP contribution in [0, 0.1) is 0 Å². The molecule has 0 aliphatic carbocycles. The minimum atomic E-state index is -0.186. The number of ether oxygens (including phenoxy) is 3. The molecule has 1 heterocycles. The van der Waals surface area contributed by atoms with Gasteiger partial charge in [0.2, 0.25) is 5.75 Å². The molecule has 3 rings (SSSR count). The third kappa shape index (κ3) is 4.00. The molecule has 0 saturated carbocycles. The average Bonchev–Trinajstić information content (AvgIpc) is 3.26. The molecule has 2 aromatic carbocycles. The quantitative estimate of drug-likeness (QED) is 0.688. The summed E-state index contributed by atoms with van der Waals surface area (Å²) in [6.07, 6.45) is 3.05. The number of nitrogens with one attached hydrogen (secondary N) is 1. The SMILES string of the molecule is COc1cc(CNC(=O)c2ccc(-n3cncn3)cc2)cc(OC)c1OC. The first-order valence-corrected chi connectivity index (χ1v) is 8.18. The highest BCUT2D eigenvalue weighted by molar-refractivity contribution is 5.94. The molecule has 3 aromatic rings. The van der Waals surface area contributed by atoms with Crippen LogP contribution in [0.25, 0.3) is 5.69 Å². The lowest BCUT2D eigenvalue weighted by molar-refractivity contribution is 0.0951. The minimum Gasteiger partial charge on any atom is -0.493 e. The van der Waals surface area contributed by atoms with Crippen molar-refractivity contribution >= 4 is 5.91 Å². The maximum Gasteiger partial charge on any atom is 0.251 e. The first-order chi connectivity index (χ1) is 13.2. The van der Waals surface area contributed by atoms with Crippen LogP contribution in [0.1, 0.15) is 15.9 Å². The lowest BCUT2D eigenvalue weighted by atomic mass is 10.1. The third-order valence-electron chi connectivity index (χ3n) is 3.99. The Hall–Kier alpha value is -3.55. The van der Waals surface area contributed by atoms with E-state index in [1.54, 1.807) is 56.6 Å². The molecule has 0 aliphatic rings. The number of nitrogens with zero attached hydrogens (tertiary/aromatic N) is 3. The van der Waals surface area contributed by atoms with E-state index in [2.05, 4.69) is 15.4 Å². The van der Waals surface area contributed by atoms with Crippen LogP contribution < -0.4 is 19.5 Å². The number of benzene rings is 2. The number of methoxy groups -OCH3 is 3. The van der Waals surface area contributed by atoms with Gasteiger partial charge in [0, 0.05) is 12.1 Å². The first-order valence-electron chi connectivity index (χ1n) is 8.18. The zero-order chi connectivity index (χ0) is 19.2. The fraction of sp³-hybridized carbons (Fsp3) is 0.211. The summed E-state index contributed by atoms with van der Waals surface area (Å²) in [7, 11) is 4.65. The van der Waals surface area contributed by atoms with Gasteiger partial charge in [-0.05, 0) is 42.0 Å². The maximum absolute atomic E-state index is 12.4. The largest absolute Gasteiger partial charge is 0.493 e. The Kier molecular flexibility index (Phi) is 5.55. The van der Waals surface area contributed by atoms with Gasteiger partial charge in [0.1, 0.15) is 12.7 Å². The maximum atomic E-state index is 12.4. The third-order valence-corrected chi connectivity index (χ3v) is 3.99. The molecule has 0 fully saturated rings. The van der Waals surface area contributed by atoms with Gasteiger partial charge in [-0.1, -0.05) is 0 Å². The standard InChI is InChI=1S/C19H20N4O4/c1-25-16-8-13(9-17(26-2)18(16)27-3)10-21-19(24)14-4-6-15(7-5-14)23-12-20-11-22-23/h4-9,11-12H,10H2,1-3H3,(H,21,24). The van der Waals surface area contributed by atoms with Crippen molar-refractivity contribution in [1.82, 2.24) is 20.1 Å². The van der Waals surface area contributed by atoms with Crippen molar-refractivity contribution in [3.63, 3.8) is 0 Å². The van der Waals surface area contributed by atoms with Crippen molar-refractivity contribution < 1.29 is 19.0 Å². The number of hydrogen-bond donors (Lipinski definition) is 1. The van der Waals surface area contributed by atoms with E-state index in [9.17, 15) is 4.79 Å². The van der Waals surface area contributed by atoms with Gasteiger partial charge >= 0.3 is 0 Å². The lowest BCUT2D eigenvalue weighted by Crippen LogP contribution is -2.22. The average molecular weight is 368 g/mol. The Bertz CT molecular complexity index is 883. The Labute approximate surface area is 156 Å². The van der Waals surface area contributed by atoms with Gasteiger partial charge < -0.3 is 19.5 Å². The van der Waals surface area contributed by atoms with Gasteiger partial charge in [0.05, 0.1) is 27.0 Å². The molecule has 1 amide bonds. The van der Waals surface area contributed by atoms with Gasteiger partial charge in [0.15, 0.2) is 11.5 Å². The van der Waals surface area contributed by atoms with E-state index in [1.807, 2.05) is 12.1 Å². The van der Waals surface area contributed by atoms with E-state index in [0.29, 0.717) is 29.4 Å². The van der Waals surface area contributed by atoms with Gasteiger partial charge in [-0.15, -0.1) is 0 Å². The highest BCUT2D eigenvalue weighted by Crippen LogP contribution is 2.38. The summed E-state index contributed by atoms with van der Waals surface area (Å²) in [6.45, 7) is 0.320. The Balaban J connectivity index is 1.70. The van der Waals surface area contributed by atoms with Crippen molar-refractivity contribution in [3.05, 3.63) is 60.2 Å². The van der Waals surface area contributed by atoms with Crippen LogP contribution in [0.3, 0.4) is 0 Å². The van der Waals surface area contributed by atoms with E-state index >= 15 is 0 Å². The molecule has 1 aromatic heterocycles. The summed E-state index contributed by atoms with van der Waals surface area (Å²) < 4.78 is 17.6. The number of rotatable bonds is 7. The number of carbonyl (C=O) groups is 1. The number of carbonyl (C=O) groups excluding carboxylic acids is 1. The number of amides is 1. The summed E-state index contributed by atoms with van der Waals surface area (Å²) in [5, 5.41) is 6.94. The van der Waals surface area contributed by atoms with Crippen molar-refractivity contribution in [3.8, 4) is 22.9 Å². The minimum absolute atomic E-state index is 0.186. The number of aromatic nitrogens is 3. The Morgan fingerprint density at radius 1 is 1.04 bits per heavy atom. The van der Waals surface area contributed by atoms with Crippen molar-refractivity contribution in [1.29, 1.82) is 0 Å². The molecule has 1 N–H and O–H groups in total. The van der Waals surface area contributed by atoms with Crippen LogP contribution in [0.4, 0.5) is 0 Å². The zero-order valence-corrected chi connectivity index (χ0v) is 15.3. The second-order valence-electron chi connectivity index (χ2n) is 5.60. The van der Waals surface area contributed by atoms with Crippen LogP contribution in [0.5, 0.6) is 17.2 Å². The molecule has 27 heavy (non-hydrogen) atoms. The van der Waals surface area contributed by atoms with Crippen molar-refractivity contribution in [2.45, 2.75) is 6.54 Å². The van der Waals surface area contributed by atoms with Crippen molar-refractivity contribution in [2.75, 3.05) is 21.3 Å². The van der Waals surface area contributed by atoms with E-state index < -0.39 is 0 Å². The summed E-state index contributed by atoms with van der Waals surface area (Å²) >= 11 is 0. The fourth-order valence-corrected chi connectivity index (χ4v) is 2.63. The Morgan fingerprint density at radius 3 is 2.22 bits per heavy atom. The van der Waals surface area contributed by atoms with Crippen LogP contribution in [0.15, 0.2) is 49.1 Å². The van der Waals surface area contributed by atoms with Crippen LogP contribution >= 0.6 is 0 Å². The highest BCUT2D eigenvalue weighted by Gasteiger charge is 2.14. The molecular formula is C19H20N4O4. The van der Waals surface area contributed by atoms with Gasteiger partial charge in [-0.3, -0.25) is 4.79 Å². The Morgan fingerprint density at radius 2 is 1.70 bits per heavy atom. The van der Waals surface area contributed by atoms with E-state index in [4.69, 9.17) is 14.2 Å². The molecule has 0 saturated heterocycles. The molecular weight excluding hydrogens is 348 g/mol. The molecule has 0 atom stereocenters. The molecule has 0 bridgehead atoms. The molecule has 8 nitrogen and oxygen atoms in total. The summed E-state index contributed by atoms with van der Waals surface area (Å²) in [5.41, 5.74) is 2.21. The monoisotopic (exact) mass is 368 g/mol. The number of hydrogen-bond acceptors (Lipinski definition) is 6. The molecule has 0 radical (unpaired) electrons. The van der Waals surface area contributed by atoms with Gasteiger partial charge in [-0.25, -0.2) is 9.67 Å². The first kappa shape index (κ1) is 18.2. The topological polar surface area (TPSA) is 87.5 Å². The molecule has 0 unspecified atom stereocenters. The lowest BCUT2D eigenvalue weighted by Gasteiger charge is -2.14. The smallest absolute Gasteiger partial charge is 0.251 e. The van der Waals surface area contributed by atoms with Crippen LogP contribution in [-0.2, 0) is 6.54 Å². The van der Waals surface area contributed by atoms with Crippen LogP contribution in [0.2, 0.25) is 0 Å². The summed E-state index contributed by atoms with van der Waals surface area (Å²) in [4.78, 5) is 16.3. The zero-order valence-electron chi connectivity index (χ0n) is 15.3. The highest BCUT2D eigenvalue weighted by atomic mass is 16.5. The van der Waals surface area contributed by atoms with Gasteiger partial charge in [-0.2, -0.15) is 5.10 Å². The predicted molar refractivity (Wildman–Crippen MR) is 98.6 cm³/mol. The van der Waals surface area contributed by atoms with Crippen LogP contribution in [-0.4, -0.2) is 42.0 Å². The normalized spacial score (nSPS) is 10.3. The molecule has 140 valence electrons. The van der Waals surface area contributed by atoms with Gasteiger partial charge in [0.25, 0.3) is 5.91 Å². The van der Waals surface area contributed by atoms with Crippen molar-refractivity contribution in [2.24, 2.45) is 0 Å². The predicted octanol–water partition coefficient (Wildman–Crippen LogP) is 2.22. The summed E-state index contributed by atoms with van der Waals surface area (Å²) in [6, 6.07) is 10.7. The fourth-order valence-electron chi connectivity index (χ4n) is 2.63. The molecule has 0 aliphatic heterocycles. The second-order valence-corrected chi connectivity index (χ2v) is 5.60. The summed E-state index contributed by atoms with van der Waals surface area (Å²) in [5.74, 6) is 1.41. The van der Waals surface area contributed by atoms with E-state index in [0.717, 1.165) is 11.3 Å². The molecule has 0 spiro atoms. The van der Waals surface area contributed by atoms with E-state index in [1.165, 1.54) is 6.33 Å².